The Kier molecular flexibility index (Phi) is 8.23. The molecule has 27 heavy (non-hydrogen) atoms. The molecule has 0 spiro atoms. The van der Waals surface area contributed by atoms with Crippen LogP contribution >= 0.6 is 35.3 Å². The highest BCUT2D eigenvalue weighted by Gasteiger charge is 2.07. The molecule has 0 aliphatic heterocycles. The Morgan fingerprint density at radius 2 is 2.15 bits per heavy atom. The lowest BCUT2D eigenvalue weighted by Gasteiger charge is -2.21. The zero-order valence-electron chi connectivity index (χ0n) is 15.8. The second-order valence-corrected chi connectivity index (χ2v) is 7.05. The second-order valence-electron chi connectivity index (χ2n) is 6.02. The van der Waals surface area contributed by atoms with Gasteiger partial charge in [-0.1, -0.05) is 12.1 Å². The predicted molar refractivity (Wildman–Crippen MR) is 122 cm³/mol. The fraction of sp³-hybridized carbons (Fsp3) is 0.316. The molecule has 0 aliphatic rings. The number of aromatic nitrogens is 3. The number of thiophene rings is 1. The van der Waals surface area contributed by atoms with Crippen molar-refractivity contribution < 1.29 is 0 Å². The summed E-state index contributed by atoms with van der Waals surface area (Å²) in [6.45, 7) is 3.58. The highest BCUT2D eigenvalue weighted by atomic mass is 127. The predicted octanol–water partition coefficient (Wildman–Crippen LogP) is 3.51. The van der Waals surface area contributed by atoms with Crippen molar-refractivity contribution in [1.82, 2.24) is 24.8 Å². The van der Waals surface area contributed by atoms with Gasteiger partial charge in [-0.3, -0.25) is 9.56 Å². The molecule has 144 valence electrons. The molecule has 0 aromatic carbocycles. The number of nitrogens with one attached hydrogen (secondary N) is 1. The fourth-order valence-electron chi connectivity index (χ4n) is 2.69. The van der Waals surface area contributed by atoms with Crippen LogP contribution in [0, 0.1) is 6.92 Å². The number of hydrogen-bond donors (Lipinski definition) is 1. The van der Waals surface area contributed by atoms with Gasteiger partial charge in [-0.25, -0.2) is 9.97 Å². The van der Waals surface area contributed by atoms with Crippen molar-refractivity contribution in [2.75, 3.05) is 20.6 Å². The summed E-state index contributed by atoms with van der Waals surface area (Å²) in [4.78, 5) is 16.7. The lowest BCUT2D eigenvalue weighted by atomic mass is 10.3. The first-order valence-electron chi connectivity index (χ1n) is 8.57. The van der Waals surface area contributed by atoms with E-state index in [1.54, 1.807) is 17.5 Å². The number of hydrogen-bond acceptors (Lipinski definition) is 4. The monoisotopic (exact) mass is 496 g/mol. The van der Waals surface area contributed by atoms with Crippen molar-refractivity contribution in [1.29, 1.82) is 0 Å². The standard InChI is InChI=1S/C19H24N6S.HI/c1-15-21-9-11-25(15)18-7-6-16(13-22-18)14-23-19(20-2)24(3)10-8-17-5-4-12-26-17;/h4-7,9,11-13H,8,10,14H2,1-3H3,(H,20,23);1H. The summed E-state index contributed by atoms with van der Waals surface area (Å²) in [7, 11) is 3.87. The Hall–Kier alpha value is -1.94. The van der Waals surface area contributed by atoms with Gasteiger partial charge in [-0.05, 0) is 36.4 Å². The minimum absolute atomic E-state index is 0. The first kappa shape index (κ1) is 21.4. The molecule has 0 saturated heterocycles. The van der Waals surface area contributed by atoms with E-state index in [0.29, 0.717) is 6.54 Å². The van der Waals surface area contributed by atoms with Gasteiger partial charge in [0.05, 0.1) is 0 Å². The van der Waals surface area contributed by atoms with Crippen molar-refractivity contribution in [3.05, 3.63) is 64.5 Å². The van der Waals surface area contributed by atoms with Gasteiger partial charge in [0.15, 0.2) is 5.96 Å². The average molecular weight is 496 g/mol. The van der Waals surface area contributed by atoms with E-state index >= 15 is 0 Å². The second kappa shape index (κ2) is 10.4. The van der Waals surface area contributed by atoms with Gasteiger partial charge in [0.25, 0.3) is 0 Å². The van der Waals surface area contributed by atoms with Crippen LogP contribution in [-0.2, 0) is 13.0 Å². The van der Waals surface area contributed by atoms with Crippen LogP contribution < -0.4 is 5.32 Å². The maximum atomic E-state index is 4.53. The zero-order chi connectivity index (χ0) is 18.4. The molecule has 0 radical (unpaired) electrons. The third kappa shape index (κ3) is 5.77. The molecule has 0 unspecified atom stereocenters. The molecule has 0 bridgehead atoms. The minimum Gasteiger partial charge on any atom is -0.352 e. The van der Waals surface area contributed by atoms with Gasteiger partial charge in [-0.2, -0.15) is 0 Å². The average Bonchev–Trinajstić information content (AvgIpc) is 3.32. The van der Waals surface area contributed by atoms with Crippen LogP contribution in [0.4, 0.5) is 0 Å². The Bertz CT molecular complexity index is 841. The number of nitrogens with zero attached hydrogens (tertiary/aromatic N) is 5. The van der Waals surface area contributed by atoms with Crippen LogP contribution in [-0.4, -0.2) is 46.0 Å². The Labute approximate surface area is 181 Å². The van der Waals surface area contributed by atoms with Crippen molar-refractivity contribution in [3.63, 3.8) is 0 Å². The summed E-state index contributed by atoms with van der Waals surface area (Å²) in [6.07, 6.45) is 6.61. The van der Waals surface area contributed by atoms with Gasteiger partial charge in [0.1, 0.15) is 11.6 Å². The van der Waals surface area contributed by atoms with Gasteiger partial charge in [0, 0.05) is 50.7 Å². The minimum atomic E-state index is 0. The summed E-state index contributed by atoms with van der Waals surface area (Å²) in [5.41, 5.74) is 1.11. The quantitative estimate of drug-likeness (QED) is 0.323. The van der Waals surface area contributed by atoms with Crippen LogP contribution in [0.15, 0.2) is 53.2 Å². The molecule has 3 aromatic rings. The van der Waals surface area contributed by atoms with Gasteiger partial charge in [0.2, 0.25) is 0 Å². The molecule has 0 fully saturated rings. The summed E-state index contributed by atoms with van der Waals surface area (Å²) in [6, 6.07) is 8.35. The van der Waals surface area contributed by atoms with Crippen LogP contribution in [0.2, 0.25) is 0 Å². The van der Waals surface area contributed by atoms with E-state index < -0.39 is 0 Å². The van der Waals surface area contributed by atoms with Crippen LogP contribution in [0.1, 0.15) is 16.3 Å². The Morgan fingerprint density at radius 3 is 2.74 bits per heavy atom. The number of guanidine groups is 1. The highest BCUT2D eigenvalue weighted by Crippen LogP contribution is 2.10. The molecule has 3 heterocycles. The van der Waals surface area contributed by atoms with E-state index in [1.807, 2.05) is 37.0 Å². The van der Waals surface area contributed by atoms with Crippen LogP contribution in [0.3, 0.4) is 0 Å². The van der Waals surface area contributed by atoms with Crippen LogP contribution in [0.5, 0.6) is 0 Å². The highest BCUT2D eigenvalue weighted by molar-refractivity contribution is 14.0. The van der Waals surface area contributed by atoms with Gasteiger partial charge >= 0.3 is 0 Å². The number of aryl methyl sites for hydroxylation is 1. The molecule has 0 saturated carbocycles. The molecular weight excluding hydrogens is 471 g/mol. The van der Waals surface area contributed by atoms with E-state index in [0.717, 1.165) is 36.1 Å². The normalized spacial score (nSPS) is 11.1. The number of halogens is 1. The summed E-state index contributed by atoms with van der Waals surface area (Å²) >= 11 is 1.79. The van der Waals surface area contributed by atoms with E-state index in [4.69, 9.17) is 0 Å². The van der Waals surface area contributed by atoms with Crippen molar-refractivity contribution in [3.8, 4) is 5.82 Å². The molecule has 3 aromatic heterocycles. The van der Waals surface area contributed by atoms with Gasteiger partial charge in [-0.15, -0.1) is 35.3 Å². The molecule has 1 N–H and O–H groups in total. The van der Waals surface area contributed by atoms with E-state index in [9.17, 15) is 0 Å². The maximum Gasteiger partial charge on any atom is 0.193 e. The SMILES string of the molecule is CN=C(NCc1ccc(-n2ccnc2C)nc1)N(C)CCc1cccs1.I. The van der Waals surface area contributed by atoms with E-state index in [-0.39, 0.29) is 24.0 Å². The maximum absolute atomic E-state index is 4.53. The van der Waals surface area contributed by atoms with E-state index in [2.05, 4.69) is 55.8 Å². The summed E-state index contributed by atoms with van der Waals surface area (Å²) < 4.78 is 1.97. The molecule has 0 aliphatic carbocycles. The lowest BCUT2D eigenvalue weighted by Crippen LogP contribution is -2.39. The summed E-state index contributed by atoms with van der Waals surface area (Å²) in [5, 5.41) is 5.52. The number of imidazole rings is 1. The molecule has 6 nitrogen and oxygen atoms in total. The smallest absolute Gasteiger partial charge is 0.193 e. The first-order valence-corrected chi connectivity index (χ1v) is 9.45. The third-order valence-electron chi connectivity index (χ3n) is 4.18. The number of rotatable bonds is 6. The molecular formula is C19H25IN6S. The topological polar surface area (TPSA) is 58.3 Å². The van der Waals surface area contributed by atoms with E-state index in [1.165, 1.54) is 4.88 Å². The zero-order valence-corrected chi connectivity index (χ0v) is 18.9. The molecule has 0 atom stereocenters. The van der Waals surface area contributed by atoms with Crippen LogP contribution in [0.25, 0.3) is 5.82 Å². The Morgan fingerprint density at radius 1 is 1.30 bits per heavy atom. The third-order valence-corrected chi connectivity index (χ3v) is 5.12. The van der Waals surface area contributed by atoms with Gasteiger partial charge < -0.3 is 10.2 Å². The Balaban J connectivity index is 0.00000261. The number of pyridine rings is 1. The number of likely N-dealkylation sites (N-methyl/N-ethyl adjacent to an activating group) is 1. The molecule has 0 amide bonds. The fourth-order valence-corrected chi connectivity index (χ4v) is 3.39. The number of aliphatic imine (C=N–C) groups is 1. The molecule has 8 heteroatoms. The first-order chi connectivity index (χ1) is 12.7. The van der Waals surface area contributed by atoms with Crippen molar-refractivity contribution in [2.24, 2.45) is 4.99 Å². The lowest BCUT2D eigenvalue weighted by molar-refractivity contribution is 0.486. The largest absolute Gasteiger partial charge is 0.352 e. The molecule has 3 rings (SSSR count). The van der Waals surface area contributed by atoms with Crippen molar-refractivity contribution >= 4 is 41.3 Å². The van der Waals surface area contributed by atoms with Crippen molar-refractivity contribution in [2.45, 2.75) is 19.9 Å². The summed E-state index contributed by atoms with van der Waals surface area (Å²) in [5.74, 6) is 2.69.